The van der Waals surface area contributed by atoms with Crippen LogP contribution in [0, 0.1) is 6.92 Å². The van der Waals surface area contributed by atoms with Crippen molar-refractivity contribution in [3.05, 3.63) is 51.2 Å². The SMILES string of the molecule is Cc1c(Cl)cccc1NC(=S)N[C@H](C)[C@@H](c1cccs1)[NH+]1CCOCC1. The number of hydrogen-bond acceptors (Lipinski definition) is 3. The van der Waals surface area contributed by atoms with Crippen molar-refractivity contribution in [3.63, 3.8) is 0 Å². The average molecular weight is 411 g/mol. The summed E-state index contributed by atoms with van der Waals surface area (Å²) in [5.41, 5.74) is 1.94. The van der Waals surface area contributed by atoms with Gasteiger partial charge in [-0.15, -0.1) is 11.3 Å². The summed E-state index contributed by atoms with van der Waals surface area (Å²) in [6.07, 6.45) is 0. The molecule has 1 aromatic heterocycles. The molecule has 3 rings (SSSR count). The topological polar surface area (TPSA) is 37.7 Å². The maximum atomic E-state index is 6.21. The number of hydrogen-bond donors (Lipinski definition) is 3. The number of quaternary nitrogens is 1. The molecule has 0 saturated carbocycles. The van der Waals surface area contributed by atoms with Crippen LogP contribution in [0.3, 0.4) is 0 Å². The van der Waals surface area contributed by atoms with Gasteiger partial charge < -0.3 is 20.3 Å². The highest BCUT2D eigenvalue weighted by atomic mass is 35.5. The summed E-state index contributed by atoms with van der Waals surface area (Å²) in [6.45, 7) is 7.85. The number of halogens is 1. The second kappa shape index (κ2) is 9.15. The fourth-order valence-electron chi connectivity index (χ4n) is 3.41. The van der Waals surface area contributed by atoms with Crippen LogP contribution in [0.15, 0.2) is 35.7 Å². The average Bonchev–Trinajstić information content (AvgIpc) is 3.14. The molecule has 1 aromatic carbocycles. The summed E-state index contributed by atoms with van der Waals surface area (Å²) < 4.78 is 5.54. The third-order valence-electron chi connectivity index (χ3n) is 4.80. The zero-order valence-corrected chi connectivity index (χ0v) is 17.4. The quantitative estimate of drug-likeness (QED) is 0.662. The molecule has 0 aliphatic carbocycles. The van der Waals surface area contributed by atoms with Crippen molar-refractivity contribution in [2.75, 3.05) is 31.6 Å². The molecule has 1 saturated heterocycles. The predicted octanol–water partition coefficient (Wildman–Crippen LogP) is 3.04. The molecule has 1 aliphatic rings. The summed E-state index contributed by atoms with van der Waals surface area (Å²) in [6, 6.07) is 10.7. The summed E-state index contributed by atoms with van der Waals surface area (Å²) in [5.74, 6) is 0. The molecule has 2 aromatic rings. The first-order chi connectivity index (χ1) is 12.6. The van der Waals surface area contributed by atoms with Gasteiger partial charge in [0.1, 0.15) is 19.1 Å². The van der Waals surface area contributed by atoms with Gasteiger partial charge in [0.2, 0.25) is 0 Å². The summed E-state index contributed by atoms with van der Waals surface area (Å²) in [5, 5.41) is 10.3. The lowest BCUT2D eigenvalue weighted by Crippen LogP contribution is -3.15. The van der Waals surface area contributed by atoms with Crippen LogP contribution >= 0.6 is 35.2 Å². The van der Waals surface area contributed by atoms with E-state index in [9.17, 15) is 0 Å². The molecule has 1 fully saturated rings. The molecule has 0 amide bonds. The molecule has 1 aliphatic heterocycles. The minimum atomic E-state index is 0.196. The molecule has 2 heterocycles. The molecule has 26 heavy (non-hydrogen) atoms. The fourth-order valence-corrected chi connectivity index (χ4v) is 4.86. The van der Waals surface area contributed by atoms with E-state index in [-0.39, 0.29) is 6.04 Å². The van der Waals surface area contributed by atoms with Gasteiger partial charge in [0.15, 0.2) is 5.11 Å². The first kappa shape index (κ1) is 19.6. The highest BCUT2D eigenvalue weighted by molar-refractivity contribution is 7.80. The highest BCUT2D eigenvalue weighted by Gasteiger charge is 2.32. The fraction of sp³-hybridized carbons (Fsp3) is 0.421. The number of thiophene rings is 1. The molecular formula is C19H25ClN3OS2+. The van der Waals surface area contributed by atoms with E-state index in [1.165, 1.54) is 4.88 Å². The van der Waals surface area contributed by atoms with E-state index >= 15 is 0 Å². The van der Waals surface area contributed by atoms with E-state index in [0.29, 0.717) is 11.2 Å². The molecule has 0 radical (unpaired) electrons. The maximum Gasteiger partial charge on any atom is 0.171 e. The van der Waals surface area contributed by atoms with Gasteiger partial charge in [-0.3, -0.25) is 0 Å². The van der Waals surface area contributed by atoms with Crippen LogP contribution in [0.1, 0.15) is 23.4 Å². The van der Waals surface area contributed by atoms with Crippen LogP contribution in [0.2, 0.25) is 5.02 Å². The standard InChI is InChI=1S/C19H24ClN3OS2/c1-13-15(20)5-3-6-16(13)22-19(25)21-14(2)18(17-7-4-12-26-17)23-8-10-24-11-9-23/h3-7,12,14,18H,8-11H2,1-2H3,(H2,21,22,25)/p+1/t14-,18+/m1/s1. The zero-order chi connectivity index (χ0) is 18.5. The Morgan fingerprint density at radius 1 is 1.27 bits per heavy atom. The van der Waals surface area contributed by atoms with Crippen LogP contribution < -0.4 is 15.5 Å². The molecule has 7 heteroatoms. The second-order valence-corrected chi connectivity index (χ2v) is 8.36. The van der Waals surface area contributed by atoms with E-state index in [1.807, 2.05) is 25.1 Å². The van der Waals surface area contributed by atoms with Gasteiger partial charge in [-0.25, -0.2) is 0 Å². The third-order valence-corrected chi connectivity index (χ3v) is 6.38. The summed E-state index contributed by atoms with van der Waals surface area (Å²) in [4.78, 5) is 2.92. The van der Waals surface area contributed by atoms with E-state index in [4.69, 9.17) is 28.6 Å². The molecule has 3 N–H and O–H groups in total. The van der Waals surface area contributed by atoms with E-state index < -0.39 is 0 Å². The van der Waals surface area contributed by atoms with Crippen molar-refractivity contribution < 1.29 is 9.64 Å². The Morgan fingerprint density at radius 2 is 2.04 bits per heavy atom. The molecule has 0 unspecified atom stereocenters. The van der Waals surface area contributed by atoms with Crippen LogP contribution in [-0.2, 0) is 4.74 Å². The Balaban J connectivity index is 1.69. The predicted molar refractivity (Wildman–Crippen MR) is 114 cm³/mol. The Morgan fingerprint density at radius 3 is 2.73 bits per heavy atom. The lowest BCUT2D eigenvalue weighted by molar-refractivity contribution is -0.939. The third kappa shape index (κ3) is 4.75. The molecule has 140 valence electrons. The number of thiocarbonyl (C=S) groups is 1. The first-order valence-electron chi connectivity index (χ1n) is 8.84. The zero-order valence-electron chi connectivity index (χ0n) is 15.0. The summed E-state index contributed by atoms with van der Waals surface area (Å²) in [7, 11) is 0. The van der Waals surface area contributed by atoms with Crippen molar-refractivity contribution >= 4 is 46.0 Å². The van der Waals surface area contributed by atoms with Crippen LogP contribution in [0.5, 0.6) is 0 Å². The number of benzene rings is 1. The highest BCUT2D eigenvalue weighted by Crippen LogP contribution is 2.23. The number of ether oxygens (including phenoxy) is 1. The van der Waals surface area contributed by atoms with Crippen molar-refractivity contribution in [1.29, 1.82) is 0 Å². The normalized spacial score (nSPS) is 17.5. The van der Waals surface area contributed by atoms with E-state index in [0.717, 1.165) is 42.6 Å². The molecule has 0 spiro atoms. The van der Waals surface area contributed by atoms with Gasteiger partial charge in [0.25, 0.3) is 0 Å². The van der Waals surface area contributed by atoms with Crippen molar-refractivity contribution in [3.8, 4) is 0 Å². The second-order valence-electron chi connectivity index (χ2n) is 6.56. The Bertz CT molecular complexity index is 732. The molecular weight excluding hydrogens is 386 g/mol. The van der Waals surface area contributed by atoms with E-state index in [1.54, 1.807) is 16.2 Å². The number of nitrogens with one attached hydrogen (secondary N) is 3. The molecule has 0 bridgehead atoms. The van der Waals surface area contributed by atoms with Gasteiger partial charge in [0, 0.05) is 10.7 Å². The van der Waals surface area contributed by atoms with Crippen LogP contribution in [0.4, 0.5) is 5.69 Å². The maximum absolute atomic E-state index is 6.21. The number of morpholine rings is 1. The monoisotopic (exact) mass is 410 g/mol. The Kier molecular flexibility index (Phi) is 6.89. The number of anilines is 1. The molecule has 2 atom stereocenters. The van der Waals surface area contributed by atoms with Gasteiger partial charge >= 0.3 is 0 Å². The van der Waals surface area contributed by atoms with Crippen molar-refractivity contribution in [2.24, 2.45) is 0 Å². The van der Waals surface area contributed by atoms with Crippen molar-refractivity contribution in [1.82, 2.24) is 5.32 Å². The minimum absolute atomic E-state index is 0.196. The molecule has 4 nitrogen and oxygen atoms in total. The van der Waals surface area contributed by atoms with Gasteiger partial charge in [-0.05, 0) is 55.2 Å². The lowest BCUT2D eigenvalue weighted by atomic mass is 10.1. The Hall–Kier alpha value is -1.18. The smallest absolute Gasteiger partial charge is 0.171 e. The van der Waals surface area contributed by atoms with Gasteiger partial charge in [-0.2, -0.15) is 0 Å². The minimum Gasteiger partial charge on any atom is -0.370 e. The van der Waals surface area contributed by atoms with Crippen LogP contribution in [0.25, 0.3) is 0 Å². The van der Waals surface area contributed by atoms with Gasteiger partial charge in [-0.1, -0.05) is 23.7 Å². The Labute approximate surface area is 169 Å². The van der Waals surface area contributed by atoms with E-state index in [2.05, 4.69) is 35.1 Å². The number of rotatable bonds is 5. The van der Waals surface area contributed by atoms with Crippen LogP contribution in [-0.4, -0.2) is 37.5 Å². The lowest BCUT2D eigenvalue weighted by Gasteiger charge is -2.35. The van der Waals surface area contributed by atoms with Crippen molar-refractivity contribution in [2.45, 2.75) is 25.9 Å². The first-order valence-corrected chi connectivity index (χ1v) is 10.5. The largest absolute Gasteiger partial charge is 0.370 e. The van der Waals surface area contributed by atoms with Gasteiger partial charge in [0.05, 0.1) is 24.1 Å². The summed E-state index contributed by atoms with van der Waals surface area (Å²) >= 11 is 13.6.